The first-order valence-corrected chi connectivity index (χ1v) is 12.2. The quantitative estimate of drug-likeness (QED) is 0.701. The van der Waals surface area contributed by atoms with Crippen molar-refractivity contribution in [2.24, 2.45) is 11.8 Å². The molecule has 1 N–H and O–H groups in total. The fourth-order valence-corrected chi connectivity index (χ4v) is 4.39. The number of rotatable bonds is 5. The van der Waals surface area contributed by atoms with E-state index in [0.717, 1.165) is 24.9 Å². The second-order valence-corrected chi connectivity index (χ2v) is 9.75. The van der Waals surface area contributed by atoms with Crippen LogP contribution in [0.5, 0.6) is 5.75 Å². The van der Waals surface area contributed by atoms with Crippen LogP contribution in [0.3, 0.4) is 0 Å². The second-order valence-electron chi connectivity index (χ2n) is 9.75. The molecule has 1 aromatic heterocycles. The molecule has 2 aliphatic rings. The molecule has 3 atom stereocenters. The first kappa shape index (κ1) is 25.1. The van der Waals surface area contributed by atoms with Gasteiger partial charge >= 0.3 is 0 Å². The number of likely N-dealkylation sites (N-methyl/N-ethyl adjacent to an activating group) is 1. The molecule has 0 bridgehead atoms. The first-order valence-electron chi connectivity index (χ1n) is 12.2. The molecule has 1 aliphatic carbocycles. The van der Waals surface area contributed by atoms with Gasteiger partial charge in [-0.25, -0.2) is 9.97 Å². The lowest BCUT2D eigenvalue weighted by molar-refractivity contribution is -0.117. The summed E-state index contributed by atoms with van der Waals surface area (Å²) in [6, 6.07) is 5.34. The summed E-state index contributed by atoms with van der Waals surface area (Å²) in [5.41, 5.74) is 2.06. The molecule has 1 fully saturated rings. The van der Waals surface area contributed by atoms with Gasteiger partial charge in [0.15, 0.2) is 0 Å². The van der Waals surface area contributed by atoms with Gasteiger partial charge in [-0.3, -0.25) is 14.5 Å². The minimum Gasteiger partial charge on any atom is -0.491 e. The van der Waals surface area contributed by atoms with Crippen LogP contribution in [0.2, 0.25) is 0 Å². The van der Waals surface area contributed by atoms with Crippen molar-refractivity contribution in [1.29, 1.82) is 0 Å². The Morgan fingerprint density at radius 2 is 1.94 bits per heavy atom. The van der Waals surface area contributed by atoms with Gasteiger partial charge in [-0.1, -0.05) is 6.92 Å². The van der Waals surface area contributed by atoms with Gasteiger partial charge < -0.3 is 19.7 Å². The minimum absolute atomic E-state index is 0.00209. The molecule has 0 saturated heterocycles. The molecule has 1 saturated carbocycles. The van der Waals surface area contributed by atoms with E-state index in [2.05, 4.69) is 34.0 Å². The molecule has 9 heteroatoms. The summed E-state index contributed by atoms with van der Waals surface area (Å²) in [7, 11) is 3.46. The zero-order chi connectivity index (χ0) is 24.9. The van der Waals surface area contributed by atoms with Crippen LogP contribution in [0.25, 0.3) is 0 Å². The van der Waals surface area contributed by atoms with Crippen LogP contribution in [0, 0.1) is 11.8 Å². The molecule has 188 valence electrons. The number of anilines is 1. The van der Waals surface area contributed by atoms with Gasteiger partial charge in [0.05, 0.1) is 11.7 Å². The van der Waals surface area contributed by atoms with E-state index in [1.54, 1.807) is 37.3 Å². The average molecular weight is 482 g/mol. The zero-order valence-corrected chi connectivity index (χ0v) is 20.9. The fraction of sp³-hybridized carbons (Fsp3) is 0.538. The van der Waals surface area contributed by atoms with Crippen LogP contribution in [0.15, 0.2) is 36.9 Å². The number of methoxy groups -OCH3 is 1. The smallest absolute Gasteiger partial charge is 0.257 e. The molecule has 0 unspecified atom stereocenters. The zero-order valence-electron chi connectivity index (χ0n) is 20.9. The largest absolute Gasteiger partial charge is 0.491 e. The van der Waals surface area contributed by atoms with Crippen molar-refractivity contribution in [2.75, 3.05) is 39.2 Å². The molecule has 0 radical (unpaired) electrons. The molecular weight excluding hydrogens is 446 g/mol. The fourth-order valence-electron chi connectivity index (χ4n) is 4.39. The van der Waals surface area contributed by atoms with Gasteiger partial charge in [0.1, 0.15) is 18.7 Å². The maximum absolute atomic E-state index is 13.4. The number of aromatic nitrogens is 2. The van der Waals surface area contributed by atoms with Gasteiger partial charge in [0.2, 0.25) is 5.91 Å². The molecule has 2 amide bonds. The minimum atomic E-state index is -0.164. The highest BCUT2D eigenvalue weighted by molar-refractivity contribution is 6.00. The molecule has 4 rings (SSSR count). The Hall–Kier alpha value is -3.04. The Morgan fingerprint density at radius 1 is 1.20 bits per heavy atom. The van der Waals surface area contributed by atoms with Crippen LogP contribution in [0.1, 0.15) is 42.6 Å². The second kappa shape index (κ2) is 11.1. The van der Waals surface area contributed by atoms with Gasteiger partial charge in [-0.2, -0.15) is 0 Å². The summed E-state index contributed by atoms with van der Waals surface area (Å²) in [5, 5.41) is 2.94. The maximum atomic E-state index is 13.4. The summed E-state index contributed by atoms with van der Waals surface area (Å²) in [4.78, 5) is 38.0. The highest BCUT2D eigenvalue weighted by atomic mass is 16.5. The molecule has 9 nitrogen and oxygen atoms in total. The first-order chi connectivity index (χ1) is 16.9. The number of carbonyl (C=O) groups is 2. The van der Waals surface area contributed by atoms with Crippen molar-refractivity contribution in [3.05, 3.63) is 48.0 Å². The van der Waals surface area contributed by atoms with Crippen LogP contribution in [-0.2, 0) is 16.1 Å². The number of nitrogens with one attached hydrogen (secondary N) is 1. The number of ether oxygens (including phenoxy) is 2. The number of hydrogen-bond acceptors (Lipinski definition) is 7. The Balaban J connectivity index is 1.61. The SMILES string of the molecule is CO[C@H]1CN(C)C(=O)c2cc(NC(=O)C3CC3)ccc2OC[C@H](C)N(Cc2cncnc2)C[C@@H]1C. The van der Waals surface area contributed by atoms with Crippen molar-refractivity contribution in [3.63, 3.8) is 0 Å². The summed E-state index contributed by atoms with van der Waals surface area (Å²) < 4.78 is 12.0. The Kier molecular flexibility index (Phi) is 7.97. The summed E-state index contributed by atoms with van der Waals surface area (Å²) in [6.45, 7) is 6.53. The van der Waals surface area contributed by atoms with Crippen LogP contribution in [-0.4, -0.2) is 77.6 Å². The molecule has 2 aromatic rings. The number of carbonyl (C=O) groups excluding carboxylic acids is 2. The van der Waals surface area contributed by atoms with Gasteiger partial charge in [-0.05, 0) is 43.9 Å². The normalized spacial score (nSPS) is 24.1. The predicted molar refractivity (Wildman–Crippen MR) is 132 cm³/mol. The topological polar surface area (TPSA) is 96.9 Å². The lowest BCUT2D eigenvalue weighted by Crippen LogP contribution is -2.46. The third kappa shape index (κ3) is 6.35. The van der Waals surface area contributed by atoms with E-state index >= 15 is 0 Å². The highest BCUT2D eigenvalue weighted by Gasteiger charge is 2.31. The average Bonchev–Trinajstić information content (AvgIpc) is 3.71. The third-order valence-corrected chi connectivity index (χ3v) is 6.79. The van der Waals surface area contributed by atoms with Crippen LogP contribution < -0.4 is 10.1 Å². The summed E-state index contributed by atoms with van der Waals surface area (Å²) in [5.74, 6) is 0.580. The molecular formula is C26H35N5O4. The Morgan fingerprint density at radius 3 is 2.63 bits per heavy atom. The number of hydrogen-bond donors (Lipinski definition) is 1. The number of benzene rings is 1. The van der Waals surface area contributed by atoms with Gasteiger partial charge in [0, 0.05) is 69.4 Å². The predicted octanol–water partition coefficient (Wildman–Crippen LogP) is 2.83. The van der Waals surface area contributed by atoms with E-state index in [1.807, 2.05) is 12.4 Å². The summed E-state index contributed by atoms with van der Waals surface area (Å²) in [6.07, 6.45) is 6.87. The number of fused-ring (bicyclic) bond motifs is 1. The van der Waals surface area contributed by atoms with Crippen LogP contribution >= 0.6 is 0 Å². The molecule has 1 aliphatic heterocycles. The van der Waals surface area contributed by atoms with Crippen molar-refractivity contribution >= 4 is 17.5 Å². The van der Waals surface area contributed by atoms with E-state index in [0.29, 0.717) is 36.7 Å². The lowest BCUT2D eigenvalue weighted by Gasteiger charge is -2.36. The van der Waals surface area contributed by atoms with Crippen LogP contribution in [0.4, 0.5) is 5.69 Å². The molecule has 1 aromatic carbocycles. The van der Waals surface area contributed by atoms with Crippen molar-refractivity contribution < 1.29 is 19.1 Å². The van der Waals surface area contributed by atoms with E-state index in [-0.39, 0.29) is 35.8 Å². The van der Waals surface area contributed by atoms with E-state index in [9.17, 15) is 9.59 Å². The Bertz CT molecular complexity index is 1030. The number of amides is 2. The van der Waals surface area contributed by atoms with Crippen molar-refractivity contribution in [1.82, 2.24) is 19.8 Å². The summed E-state index contributed by atoms with van der Waals surface area (Å²) >= 11 is 0. The van der Waals surface area contributed by atoms with Crippen molar-refractivity contribution in [2.45, 2.75) is 45.4 Å². The monoisotopic (exact) mass is 481 g/mol. The molecule has 0 spiro atoms. The van der Waals surface area contributed by atoms with E-state index in [1.165, 1.54) is 6.33 Å². The lowest BCUT2D eigenvalue weighted by atomic mass is 10.0. The van der Waals surface area contributed by atoms with E-state index < -0.39 is 0 Å². The third-order valence-electron chi connectivity index (χ3n) is 6.79. The maximum Gasteiger partial charge on any atom is 0.257 e. The van der Waals surface area contributed by atoms with Crippen molar-refractivity contribution in [3.8, 4) is 5.75 Å². The Labute approximate surface area is 206 Å². The standard InChI is InChI=1S/C26H35N5O4/c1-17-12-31(13-19-10-27-16-28-11-19)18(2)15-35-23-8-7-21(29-25(32)20-5-6-20)9-22(23)26(33)30(3)14-24(17)34-4/h7-11,16-18,20,24H,5-6,12-15H2,1-4H3,(H,29,32)/t17-,18-,24-/m0/s1. The highest BCUT2D eigenvalue weighted by Crippen LogP contribution is 2.31. The molecule has 35 heavy (non-hydrogen) atoms. The van der Waals surface area contributed by atoms with Gasteiger partial charge in [-0.15, -0.1) is 0 Å². The van der Waals surface area contributed by atoms with E-state index in [4.69, 9.17) is 9.47 Å². The van der Waals surface area contributed by atoms with Gasteiger partial charge in [0.25, 0.3) is 5.91 Å². The number of nitrogens with zero attached hydrogens (tertiary/aromatic N) is 4. The molecule has 2 heterocycles.